The van der Waals surface area contributed by atoms with Crippen LogP contribution in [0.3, 0.4) is 0 Å². The molecule has 5 heteroatoms. The number of hydrogen-bond acceptors (Lipinski definition) is 3. The fourth-order valence-corrected chi connectivity index (χ4v) is 2.13. The van der Waals surface area contributed by atoms with Crippen molar-refractivity contribution in [1.29, 1.82) is 0 Å². The van der Waals surface area contributed by atoms with Crippen LogP contribution in [0.15, 0.2) is 47.1 Å². The number of Topliss-reactive ketones (excluding diaryl/α,β-unsaturated/α-hetero) is 1. The largest absolute Gasteiger partial charge is 0.461 e. The smallest absolute Gasteiger partial charge is 0.220 e. The second-order valence-electron chi connectivity index (χ2n) is 4.63. The van der Waals surface area contributed by atoms with E-state index in [1.165, 1.54) is 6.26 Å². The lowest BCUT2D eigenvalue weighted by Gasteiger charge is -2.05. The minimum Gasteiger partial charge on any atom is -0.461 e. The zero-order chi connectivity index (χ0) is 15.1. The van der Waals surface area contributed by atoms with Gasteiger partial charge in [0.25, 0.3) is 0 Å². The summed E-state index contributed by atoms with van der Waals surface area (Å²) in [5, 5.41) is 3.47. The normalized spacial score (nSPS) is 10.3. The molecule has 1 aromatic carbocycles. The van der Waals surface area contributed by atoms with Crippen LogP contribution in [0.1, 0.15) is 29.0 Å². The van der Waals surface area contributed by atoms with Crippen molar-refractivity contribution >= 4 is 23.3 Å². The summed E-state index contributed by atoms with van der Waals surface area (Å²) in [5.74, 6) is -0.0105. The fraction of sp³-hybridized carbons (Fsp3) is 0.250. The lowest BCUT2D eigenvalue weighted by molar-refractivity contribution is -0.121. The molecule has 0 fully saturated rings. The van der Waals surface area contributed by atoms with E-state index in [0.29, 0.717) is 23.7 Å². The number of hydrogen-bond donors (Lipinski definition) is 1. The summed E-state index contributed by atoms with van der Waals surface area (Å²) in [6.45, 7) is 0.522. The molecule has 4 nitrogen and oxygen atoms in total. The second kappa shape index (κ2) is 7.64. The Balaban J connectivity index is 1.67. The van der Waals surface area contributed by atoms with Gasteiger partial charge in [-0.25, -0.2) is 0 Å². The Bertz CT molecular complexity index is 608. The van der Waals surface area contributed by atoms with Gasteiger partial charge < -0.3 is 9.73 Å². The number of nitrogens with one attached hydrogen (secondary N) is 1. The predicted molar refractivity (Wildman–Crippen MR) is 80.4 cm³/mol. The highest BCUT2D eigenvalue weighted by atomic mass is 35.5. The van der Waals surface area contributed by atoms with Crippen LogP contribution in [0, 0.1) is 0 Å². The zero-order valence-corrected chi connectivity index (χ0v) is 12.2. The Morgan fingerprint density at radius 1 is 1.14 bits per heavy atom. The highest BCUT2D eigenvalue weighted by Crippen LogP contribution is 2.10. The highest BCUT2D eigenvalue weighted by Gasteiger charge is 2.11. The standard InChI is InChI=1S/C16H16ClNO3/c17-13-4-1-3-12(11-13)8-9-18-16(20)7-6-14(19)15-5-2-10-21-15/h1-5,10-11H,6-9H2,(H,18,20). The molecular formula is C16H16ClNO3. The molecule has 0 aliphatic carbocycles. The van der Waals surface area contributed by atoms with E-state index in [2.05, 4.69) is 5.32 Å². The van der Waals surface area contributed by atoms with E-state index in [4.69, 9.17) is 16.0 Å². The summed E-state index contributed by atoms with van der Waals surface area (Å²) in [4.78, 5) is 23.3. The topological polar surface area (TPSA) is 59.3 Å². The molecule has 0 aliphatic heterocycles. The molecule has 1 aromatic heterocycles. The lowest BCUT2D eigenvalue weighted by atomic mass is 10.1. The molecule has 0 atom stereocenters. The minimum atomic E-state index is -0.162. The van der Waals surface area contributed by atoms with Crippen LogP contribution < -0.4 is 5.32 Å². The number of amides is 1. The average Bonchev–Trinajstić information content (AvgIpc) is 2.99. The molecule has 21 heavy (non-hydrogen) atoms. The molecule has 2 rings (SSSR count). The van der Waals surface area contributed by atoms with Crippen molar-refractivity contribution in [2.45, 2.75) is 19.3 Å². The fourth-order valence-electron chi connectivity index (χ4n) is 1.91. The van der Waals surface area contributed by atoms with Crippen molar-refractivity contribution in [1.82, 2.24) is 5.32 Å². The Morgan fingerprint density at radius 3 is 2.71 bits per heavy atom. The Hall–Kier alpha value is -2.07. The maximum atomic E-state index is 11.7. The molecule has 0 saturated carbocycles. The van der Waals surface area contributed by atoms with E-state index in [0.717, 1.165) is 5.56 Å². The van der Waals surface area contributed by atoms with Gasteiger partial charge in [-0.05, 0) is 36.2 Å². The lowest BCUT2D eigenvalue weighted by Crippen LogP contribution is -2.26. The van der Waals surface area contributed by atoms with Crippen molar-refractivity contribution in [3.63, 3.8) is 0 Å². The van der Waals surface area contributed by atoms with Gasteiger partial charge in [-0.1, -0.05) is 23.7 Å². The molecule has 1 N–H and O–H groups in total. The first-order valence-electron chi connectivity index (χ1n) is 6.73. The maximum Gasteiger partial charge on any atom is 0.220 e. The Morgan fingerprint density at radius 2 is 2.00 bits per heavy atom. The van der Waals surface area contributed by atoms with Crippen LogP contribution in [-0.2, 0) is 11.2 Å². The number of furan rings is 1. The summed E-state index contributed by atoms with van der Waals surface area (Å²) < 4.78 is 4.98. The number of rotatable bonds is 7. The van der Waals surface area contributed by atoms with Gasteiger partial charge in [0.15, 0.2) is 11.5 Å². The van der Waals surface area contributed by atoms with Crippen molar-refractivity contribution < 1.29 is 14.0 Å². The zero-order valence-electron chi connectivity index (χ0n) is 11.5. The minimum absolute atomic E-state index is 0.142. The van der Waals surface area contributed by atoms with Gasteiger partial charge in [0, 0.05) is 24.4 Å². The molecule has 0 bridgehead atoms. The molecule has 0 aliphatic rings. The second-order valence-corrected chi connectivity index (χ2v) is 5.07. The SMILES string of the molecule is O=C(CCC(=O)c1ccco1)NCCc1cccc(Cl)c1. The van der Waals surface area contributed by atoms with E-state index in [-0.39, 0.29) is 24.5 Å². The third-order valence-electron chi connectivity index (χ3n) is 3.00. The van der Waals surface area contributed by atoms with Gasteiger partial charge in [0.2, 0.25) is 5.91 Å². The van der Waals surface area contributed by atoms with Gasteiger partial charge in [0.05, 0.1) is 6.26 Å². The number of carbonyl (C=O) groups excluding carboxylic acids is 2. The molecule has 0 unspecified atom stereocenters. The van der Waals surface area contributed by atoms with E-state index in [9.17, 15) is 9.59 Å². The quantitative estimate of drug-likeness (QED) is 0.799. The Labute approximate surface area is 128 Å². The molecular weight excluding hydrogens is 290 g/mol. The summed E-state index contributed by atoms with van der Waals surface area (Å²) in [6, 6.07) is 10.8. The maximum absolute atomic E-state index is 11.7. The monoisotopic (exact) mass is 305 g/mol. The van der Waals surface area contributed by atoms with E-state index in [1.54, 1.807) is 12.1 Å². The summed E-state index contributed by atoms with van der Waals surface area (Å²) in [5.41, 5.74) is 1.06. The van der Waals surface area contributed by atoms with Crippen molar-refractivity contribution in [2.24, 2.45) is 0 Å². The molecule has 110 valence electrons. The summed E-state index contributed by atoms with van der Waals surface area (Å²) in [6.07, 6.45) is 2.46. The van der Waals surface area contributed by atoms with Crippen LogP contribution in [0.2, 0.25) is 5.02 Å². The van der Waals surface area contributed by atoms with Gasteiger partial charge in [-0.2, -0.15) is 0 Å². The van der Waals surface area contributed by atoms with E-state index in [1.807, 2.05) is 24.3 Å². The van der Waals surface area contributed by atoms with E-state index >= 15 is 0 Å². The number of ketones is 1. The van der Waals surface area contributed by atoms with E-state index < -0.39 is 0 Å². The molecule has 0 spiro atoms. The molecule has 0 radical (unpaired) electrons. The first kappa shape index (κ1) is 15.3. The first-order valence-corrected chi connectivity index (χ1v) is 7.11. The Kier molecular flexibility index (Phi) is 5.58. The third-order valence-corrected chi connectivity index (χ3v) is 3.24. The molecule has 2 aromatic rings. The molecule has 1 amide bonds. The number of halogens is 1. The van der Waals surface area contributed by atoms with Gasteiger partial charge in [-0.15, -0.1) is 0 Å². The third kappa shape index (κ3) is 5.08. The van der Waals surface area contributed by atoms with Crippen LogP contribution >= 0.6 is 11.6 Å². The first-order chi connectivity index (χ1) is 10.1. The van der Waals surface area contributed by atoms with Gasteiger partial charge in [-0.3, -0.25) is 9.59 Å². The van der Waals surface area contributed by atoms with Crippen LogP contribution in [-0.4, -0.2) is 18.2 Å². The van der Waals surface area contributed by atoms with Gasteiger partial charge in [0.1, 0.15) is 0 Å². The molecule has 0 saturated heterocycles. The van der Waals surface area contributed by atoms with Crippen molar-refractivity contribution in [3.05, 3.63) is 59.0 Å². The summed E-state index contributed by atoms with van der Waals surface area (Å²) in [7, 11) is 0. The average molecular weight is 306 g/mol. The molecule has 1 heterocycles. The van der Waals surface area contributed by atoms with Crippen molar-refractivity contribution in [3.8, 4) is 0 Å². The van der Waals surface area contributed by atoms with Crippen LogP contribution in [0.5, 0.6) is 0 Å². The van der Waals surface area contributed by atoms with Crippen molar-refractivity contribution in [2.75, 3.05) is 6.54 Å². The predicted octanol–water partition coefficient (Wildman–Crippen LogP) is 3.25. The highest BCUT2D eigenvalue weighted by molar-refractivity contribution is 6.30. The van der Waals surface area contributed by atoms with Crippen LogP contribution in [0.4, 0.5) is 0 Å². The van der Waals surface area contributed by atoms with Crippen LogP contribution in [0.25, 0.3) is 0 Å². The van der Waals surface area contributed by atoms with Gasteiger partial charge >= 0.3 is 0 Å². The number of carbonyl (C=O) groups is 2. The summed E-state index contributed by atoms with van der Waals surface area (Å²) >= 11 is 5.89. The number of benzene rings is 1.